The second-order valence-corrected chi connectivity index (χ2v) is 9.57. The van der Waals surface area contributed by atoms with Crippen molar-refractivity contribution in [1.29, 1.82) is 0 Å². The Kier molecular flexibility index (Phi) is 6.24. The van der Waals surface area contributed by atoms with Crippen LogP contribution in [0.15, 0.2) is 77.9 Å². The molecule has 0 radical (unpaired) electrons. The molecule has 204 valence electrons. The van der Waals surface area contributed by atoms with Crippen LogP contribution in [-0.4, -0.2) is 48.2 Å². The smallest absolute Gasteiger partial charge is 0.337 e. The number of imidazole rings is 1. The van der Waals surface area contributed by atoms with Gasteiger partial charge in [-0.15, -0.1) is 0 Å². The van der Waals surface area contributed by atoms with Crippen LogP contribution in [0.4, 0.5) is 17.6 Å². The van der Waals surface area contributed by atoms with Crippen LogP contribution in [0, 0.1) is 5.82 Å². The van der Waals surface area contributed by atoms with Gasteiger partial charge in [-0.25, -0.2) is 13.9 Å². The van der Waals surface area contributed by atoms with Crippen molar-refractivity contribution in [3.63, 3.8) is 0 Å². The lowest BCUT2D eigenvalue weighted by Crippen LogP contribution is -2.40. The fourth-order valence-corrected chi connectivity index (χ4v) is 5.20. The molecule has 8 nitrogen and oxygen atoms in total. The highest BCUT2D eigenvalue weighted by Gasteiger charge is 2.34. The van der Waals surface area contributed by atoms with E-state index >= 15 is 0 Å². The summed E-state index contributed by atoms with van der Waals surface area (Å²) in [7, 11) is 0. The van der Waals surface area contributed by atoms with Gasteiger partial charge in [-0.1, -0.05) is 12.1 Å². The molecule has 0 saturated carbocycles. The Morgan fingerprint density at radius 3 is 2.40 bits per heavy atom. The van der Waals surface area contributed by atoms with E-state index in [1.165, 1.54) is 23.1 Å². The van der Waals surface area contributed by atoms with Crippen LogP contribution < -0.4 is 5.69 Å². The van der Waals surface area contributed by atoms with E-state index in [9.17, 15) is 27.2 Å². The molecule has 40 heavy (non-hydrogen) atoms. The Labute approximate surface area is 224 Å². The first-order chi connectivity index (χ1) is 19.2. The predicted octanol–water partition coefficient (Wildman–Crippen LogP) is 5.21. The third kappa shape index (κ3) is 4.55. The van der Waals surface area contributed by atoms with Gasteiger partial charge in [-0.05, 0) is 55.3 Å². The number of halogens is 4. The summed E-state index contributed by atoms with van der Waals surface area (Å²) < 4.78 is 56.8. The SMILES string of the molecule is O=C(c1cc(-c2ccncc2)n(-c2ccc(C(F)(F)F)c(F)c2)n1)N1CCC(n2c(=O)[nH]c3ccccc32)CC1. The van der Waals surface area contributed by atoms with Gasteiger partial charge < -0.3 is 9.88 Å². The van der Waals surface area contributed by atoms with Gasteiger partial charge >= 0.3 is 11.9 Å². The Morgan fingerprint density at radius 2 is 1.70 bits per heavy atom. The molecule has 1 aliphatic rings. The summed E-state index contributed by atoms with van der Waals surface area (Å²) >= 11 is 0. The normalized spacial score (nSPS) is 14.7. The standard InChI is InChI=1S/C28H22F4N6O2/c29-21-15-19(5-6-20(21)28(30,31)32)38-25(17-7-11-33-12-8-17)16-23(35-38)26(39)36-13-9-18(10-14-36)37-24-4-2-1-3-22(24)34-27(37)40/h1-8,11-12,15-16,18H,9-10,13-14H2,(H,34,40). The van der Waals surface area contributed by atoms with E-state index in [1.54, 1.807) is 21.6 Å². The highest BCUT2D eigenvalue weighted by atomic mass is 19.4. The summed E-state index contributed by atoms with van der Waals surface area (Å²) in [5.74, 6) is -1.81. The van der Waals surface area contributed by atoms with E-state index in [2.05, 4.69) is 15.1 Å². The lowest BCUT2D eigenvalue weighted by Gasteiger charge is -2.32. The number of aromatic amines is 1. The second kappa shape index (κ2) is 9.78. The number of hydrogen-bond acceptors (Lipinski definition) is 4. The zero-order chi connectivity index (χ0) is 28.0. The third-order valence-electron chi connectivity index (χ3n) is 7.15. The van der Waals surface area contributed by atoms with Gasteiger partial charge in [0.1, 0.15) is 5.82 Å². The lowest BCUT2D eigenvalue weighted by atomic mass is 10.0. The van der Waals surface area contributed by atoms with Gasteiger partial charge in [-0.3, -0.25) is 14.3 Å². The summed E-state index contributed by atoms with van der Waals surface area (Å²) in [6, 6.07) is 14.7. The van der Waals surface area contributed by atoms with Crippen molar-refractivity contribution in [2.24, 2.45) is 0 Å². The first-order valence-electron chi connectivity index (χ1n) is 12.6. The number of likely N-dealkylation sites (tertiary alicyclic amines) is 1. The Hall–Kier alpha value is -4.74. The van der Waals surface area contributed by atoms with Gasteiger partial charge in [0.2, 0.25) is 0 Å². The van der Waals surface area contributed by atoms with E-state index in [-0.39, 0.29) is 29.0 Å². The number of benzene rings is 2. The van der Waals surface area contributed by atoms with E-state index in [4.69, 9.17) is 0 Å². The number of nitrogens with zero attached hydrogens (tertiary/aromatic N) is 5. The van der Waals surface area contributed by atoms with Gasteiger partial charge in [0.25, 0.3) is 5.91 Å². The molecular weight excluding hydrogens is 528 g/mol. The maximum atomic E-state index is 14.4. The number of fused-ring (bicyclic) bond motifs is 1. The first-order valence-corrected chi connectivity index (χ1v) is 12.6. The maximum Gasteiger partial charge on any atom is 0.419 e. The van der Waals surface area contributed by atoms with Crippen LogP contribution in [0.1, 0.15) is 34.9 Å². The molecule has 1 fully saturated rings. The Bertz CT molecular complexity index is 1770. The molecule has 0 spiro atoms. The van der Waals surface area contributed by atoms with Gasteiger partial charge in [-0.2, -0.15) is 18.3 Å². The minimum absolute atomic E-state index is 0.0359. The maximum absolute atomic E-state index is 14.4. The third-order valence-corrected chi connectivity index (χ3v) is 7.15. The zero-order valence-electron chi connectivity index (χ0n) is 20.9. The Morgan fingerprint density at radius 1 is 0.975 bits per heavy atom. The van der Waals surface area contributed by atoms with Crippen LogP contribution in [0.25, 0.3) is 28.0 Å². The molecule has 5 aromatic rings. The number of piperidine rings is 1. The summed E-state index contributed by atoms with van der Waals surface area (Å²) in [4.78, 5) is 34.6. The highest BCUT2D eigenvalue weighted by Crippen LogP contribution is 2.33. The molecule has 0 bridgehead atoms. The molecule has 12 heteroatoms. The summed E-state index contributed by atoms with van der Waals surface area (Å²) in [5, 5.41) is 4.39. The number of pyridine rings is 1. The van der Waals surface area contributed by atoms with Crippen molar-refractivity contribution >= 4 is 16.9 Å². The minimum atomic E-state index is -4.84. The molecular formula is C28H22F4N6O2. The monoisotopic (exact) mass is 550 g/mol. The van der Waals surface area contributed by atoms with E-state index in [0.717, 1.165) is 23.2 Å². The molecule has 1 aliphatic heterocycles. The van der Waals surface area contributed by atoms with E-state index in [1.807, 2.05) is 24.3 Å². The number of carbonyl (C=O) groups is 1. The molecule has 1 N–H and O–H groups in total. The average molecular weight is 551 g/mol. The number of rotatable bonds is 4. The van der Waals surface area contributed by atoms with Crippen LogP contribution in [-0.2, 0) is 6.18 Å². The minimum Gasteiger partial charge on any atom is -0.337 e. The molecule has 6 rings (SSSR count). The molecule has 1 saturated heterocycles. The molecule has 1 amide bonds. The van der Waals surface area contributed by atoms with Crippen LogP contribution in [0.5, 0.6) is 0 Å². The van der Waals surface area contributed by atoms with Gasteiger partial charge in [0.05, 0.1) is 28.0 Å². The lowest BCUT2D eigenvalue weighted by molar-refractivity contribution is -0.140. The number of amides is 1. The molecule has 4 heterocycles. The number of aromatic nitrogens is 5. The number of alkyl halides is 3. The molecule has 2 aromatic carbocycles. The number of hydrogen-bond donors (Lipinski definition) is 1. The number of nitrogens with one attached hydrogen (secondary N) is 1. The van der Waals surface area contributed by atoms with Crippen molar-refractivity contribution in [2.75, 3.05) is 13.1 Å². The summed E-state index contributed by atoms with van der Waals surface area (Å²) in [5.41, 5.74) is 1.06. The van der Waals surface area contributed by atoms with Crippen molar-refractivity contribution in [3.8, 4) is 16.9 Å². The number of carbonyl (C=O) groups excluding carboxylic acids is 1. The molecule has 0 aliphatic carbocycles. The molecule has 3 aromatic heterocycles. The second-order valence-electron chi connectivity index (χ2n) is 9.57. The molecule has 0 unspecified atom stereocenters. The predicted molar refractivity (Wildman–Crippen MR) is 138 cm³/mol. The van der Waals surface area contributed by atoms with Crippen molar-refractivity contribution in [1.82, 2.24) is 29.2 Å². The van der Waals surface area contributed by atoms with E-state index < -0.39 is 17.6 Å². The number of H-pyrrole nitrogens is 1. The molecule has 0 atom stereocenters. The van der Waals surface area contributed by atoms with E-state index in [0.29, 0.717) is 43.3 Å². The number of para-hydroxylation sites is 2. The fraction of sp³-hybridized carbons (Fsp3) is 0.214. The zero-order valence-corrected chi connectivity index (χ0v) is 20.9. The van der Waals surface area contributed by atoms with Crippen molar-refractivity contribution in [3.05, 3.63) is 101 Å². The Balaban J connectivity index is 1.29. The topological polar surface area (TPSA) is 88.8 Å². The van der Waals surface area contributed by atoms with Gasteiger partial charge in [0.15, 0.2) is 5.69 Å². The quantitative estimate of drug-likeness (QED) is 0.311. The first kappa shape index (κ1) is 25.5. The summed E-state index contributed by atoms with van der Waals surface area (Å²) in [6.07, 6.45) is -0.686. The largest absolute Gasteiger partial charge is 0.419 e. The van der Waals surface area contributed by atoms with Crippen LogP contribution in [0.2, 0.25) is 0 Å². The fourth-order valence-electron chi connectivity index (χ4n) is 5.20. The van der Waals surface area contributed by atoms with Crippen LogP contribution in [0.3, 0.4) is 0 Å². The van der Waals surface area contributed by atoms with Gasteiger partial charge in [0, 0.05) is 43.2 Å². The average Bonchev–Trinajstić information content (AvgIpc) is 3.54. The highest BCUT2D eigenvalue weighted by molar-refractivity contribution is 5.93. The van der Waals surface area contributed by atoms with Crippen LogP contribution >= 0.6 is 0 Å². The summed E-state index contributed by atoms with van der Waals surface area (Å²) in [6.45, 7) is 0.754. The van der Waals surface area contributed by atoms with Crippen molar-refractivity contribution in [2.45, 2.75) is 25.1 Å². The van der Waals surface area contributed by atoms with Crippen molar-refractivity contribution < 1.29 is 22.4 Å².